The van der Waals surface area contributed by atoms with Gasteiger partial charge in [0.15, 0.2) is 0 Å². The van der Waals surface area contributed by atoms with Crippen LogP contribution in [-0.4, -0.2) is 6.04 Å². The van der Waals surface area contributed by atoms with Crippen LogP contribution in [0.5, 0.6) is 0 Å². The molecule has 138 valence electrons. The molecule has 1 atom stereocenters. The Morgan fingerprint density at radius 2 is 1.11 bits per heavy atom. The summed E-state index contributed by atoms with van der Waals surface area (Å²) < 4.78 is 0. The van der Waals surface area contributed by atoms with Gasteiger partial charge in [0, 0.05) is 6.04 Å². The molecule has 27 heavy (non-hydrogen) atoms. The Labute approximate surface area is 163 Å². The zero-order valence-corrected chi connectivity index (χ0v) is 16.3. The Kier molecular flexibility index (Phi) is 6.26. The molecule has 0 heterocycles. The third-order valence-corrected chi connectivity index (χ3v) is 5.03. The van der Waals surface area contributed by atoms with Gasteiger partial charge in [0.05, 0.1) is 5.54 Å². The summed E-state index contributed by atoms with van der Waals surface area (Å²) in [6, 6.07) is 32.4. The number of hydrogen-bond acceptors (Lipinski definition) is 1. The van der Waals surface area contributed by atoms with E-state index in [0.29, 0.717) is 5.92 Å². The Balaban J connectivity index is 2.24. The lowest BCUT2D eigenvalue weighted by Gasteiger charge is -2.40. The van der Waals surface area contributed by atoms with Gasteiger partial charge in [-0.15, -0.1) is 6.58 Å². The van der Waals surface area contributed by atoms with Crippen molar-refractivity contribution < 1.29 is 0 Å². The maximum absolute atomic E-state index is 4.12. The minimum atomic E-state index is -0.433. The first-order valence-electron chi connectivity index (χ1n) is 9.73. The van der Waals surface area contributed by atoms with Crippen molar-refractivity contribution in [3.8, 4) is 0 Å². The van der Waals surface area contributed by atoms with Gasteiger partial charge in [-0.2, -0.15) is 0 Å². The molecule has 0 amide bonds. The second-order valence-corrected chi connectivity index (χ2v) is 7.46. The molecule has 0 aromatic heterocycles. The Morgan fingerprint density at radius 1 is 0.741 bits per heavy atom. The van der Waals surface area contributed by atoms with Crippen LogP contribution in [0.4, 0.5) is 0 Å². The Hall–Kier alpha value is -2.64. The van der Waals surface area contributed by atoms with Gasteiger partial charge in [0.25, 0.3) is 0 Å². The zero-order valence-electron chi connectivity index (χ0n) is 16.3. The third kappa shape index (κ3) is 4.20. The van der Waals surface area contributed by atoms with Crippen LogP contribution in [0, 0.1) is 5.92 Å². The van der Waals surface area contributed by atoms with Crippen LogP contribution in [0.25, 0.3) is 0 Å². The molecule has 3 rings (SSSR count). The van der Waals surface area contributed by atoms with Crippen molar-refractivity contribution in [3.05, 3.63) is 120 Å². The summed E-state index contributed by atoms with van der Waals surface area (Å²) in [7, 11) is 0. The van der Waals surface area contributed by atoms with Crippen molar-refractivity contribution in [3.63, 3.8) is 0 Å². The van der Waals surface area contributed by atoms with Crippen LogP contribution >= 0.6 is 0 Å². The molecule has 1 N–H and O–H groups in total. The molecule has 0 aliphatic carbocycles. The second kappa shape index (κ2) is 8.83. The van der Waals surface area contributed by atoms with Gasteiger partial charge in [-0.1, -0.05) is 111 Å². The van der Waals surface area contributed by atoms with Crippen molar-refractivity contribution >= 4 is 0 Å². The molecule has 0 aliphatic heterocycles. The SMILES string of the molecule is C=C[C@H](CC(C)C)NC(c1ccccc1)(c1ccccc1)c1ccccc1. The number of nitrogens with one attached hydrogen (secondary N) is 1. The highest BCUT2D eigenvalue weighted by atomic mass is 15.0. The second-order valence-electron chi connectivity index (χ2n) is 7.46. The van der Waals surface area contributed by atoms with E-state index >= 15 is 0 Å². The summed E-state index contributed by atoms with van der Waals surface area (Å²) in [6.45, 7) is 8.63. The van der Waals surface area contributed by atoms with Gasteiger partial charge in [-0.25, -0.2) is 0 Å². The zero-order chi connectivity index (χ0) is 19.1. The maximum Gasteiger partial charge on any atom is 0.0952 e. The van der Waals surface area contributed by atoms with Crippen molar-refractivity contribution in [2.75, 3.05) is 0 Å². The molecule has 0 saturated heterocycles. The van der Waals surface area contributed by atoms with Crippen LogP contribution < -0.4 is 5.32 Å². The van der Waals surface area contributed by atoms with Crippen molar-refractivity contribution in [2.24, 2.45) is 5.92 Å². The summed E-state index contributed by atoms with van der Waals surface area (Å²) >= 11 is 0. The van der Waals surface area contributed by atoms with Gasteiger partial charge in [-0.05, 0) is 29.0 Å². The minimum Gasteiger partial charge on any atom is -0.294 e. The fourth-order valence-electron chi connectivity index (χ4n) is 3.81. The van der Waals surface area contributed by atoms with Crippen LogP contribution in [0.2, 0.25) is 0 Å². The lowest BCUT2D eigenvalue weighted by atomic mass is 9.76. The van der Waals surface area contributed by atoms with E-state index in [1.54, 1.807) is 0 Å². The highest BCUT2D eigenvalue weighted by molar-refractivity contribution is 5.49. The molecule has 0 radical (unpaired) electrons. The van der Waals surface area contributed by atoms with Crippen LogP contribution in [0.1, 0.15) is 37.0 Å². The van der Waals surface area contributed by atoms with Gasteiger partial charge >= 0.3 is 0 Å². The molecule has 0 bridgehead atoms. The molecule has 0 unspecified atom stereocenters. The highest BCUT2D eigenvalue weighted by Crippen LogP contribution is 2.37. The maximum atomic E-state index is 4.12. The third-order valence-electron chi connectivity index (χ3n) is 5.03. The predicted molar refractivity (Wildman–Crippen MR) is 116 cm³/mol. The number of hydrogen-bond donors (Lipinski definition) is 1. The van der Waals surface area contributed by atoms with Crippen molar-refractivity contribution in [1.29, 1.82) is 0 Å². The standard InChI is InChI=1S/C26H29N/c1-4-25(20-21(2)3)27-26(22-14-8-5-9-15-22,23-16-10-6-11-17-23)24-18-12-7-13-19-24/h4-19,21,25,27H,1,20H2,2-3H3/t25-/m1/s1. The largest absolute Gasteiger partial charge is 0.294 e. The van der Waals surface area contributed by atoms with E-state index in [-0.39, 0.29) is 6.04 Å². The molecular formula is C26H29N. The summed E-state index contributed by atoms with van der Waals surface area (Å²) in [5, 5.41) is 3.98. The average Bonchev–Trinajstić information content (AvgIpc) is 2.73. The quantitative estimate of drug-likeness (QED) is 0.376. The molecule has 1 heteroatoms. The van der Waals surface area contributed by atoms with E-state index in [2.05, 4.69) is 117 Å². The highest BCUT2D eigenvalue weighted by Gasteiger charge is 2.37. The van der Waals surface area contributed by atoms with Gasteiger partial charge in [-0.3, -0.25) is 5.32 Å². The molecule has 0 aliphatic rings. The first kappa shape index (κ1) is 19.1. The van der Waals surface area contributed by atoms with Crippen LogP contribution in [-0.2, 0) is 5.54 Å². The van der Waals surface area contributed by atoms with E-state index in [1.165, 1.54) is 16.7 Å². The number of benzene rings is 3. The van der Waals surface area contributed by atoms with Crippen molar-refractivity contribution in [2.45, 2.75) is 31.8 Å². The smallest absolute Gasteiger partial charge is 0.0952 e. The number of rotatable bonds is 8. The topological polar surface area (TPSA) is 12.0 Å². The fourth-order valence-corrected chi connectivity index (χ4v) is 3.81. The molecule has 0 fully saturated rings. The summed E-state index contributed by atoms with van der Waals surface area (Å²) in [5.41, 5.74) is 3.27. The van der Waals surface area contributed by atoms with E-state index < -0.39 is 5.54 Å². The summed E-state index contributed by atoms with van der Waals surface area (Å²) in [5.74, 6) is 0.584. The predicted octanol–water partition coefficient (Wildman–Crippen LogP) is 6.17. The van der Waals surface area contributed by atoms with E-state index in [1.807, 2.05) is 6.08 Å². The van der Waals surface area contributed by atoms with Gasteiger partial charge in [0.1, 0.15) is 0 Å². The van der Waals surface area contributed by atoms with Crippen LogP contribution in [0.3, 0.4) is 0 Å². The Morgan fingerprint density at radius 3 is 1.41 bits per heavy atom. The minimum absolute atomic E-state index is 0.200. The fraction of sp³-hybridized carbons (Fsp3) is 0.231. The lowest BCUT2D eigenvalue weighted by molar-refractivity contribution is 0.384. The van der Waals surface area contributed by atoms with E-state index in [0.717, 1.165) is 6.42 Å². The van der Waals surface area contributed by atoms with Crippen molar-refractivity contribution in [1.82, 2.24) is 5.32 Å². The lowest BCUT2D eigenvalue weighted by Crippen LogP contribution is -2.49. The monoisotopic (exact) mass is 355 g/mol. The first-order chi connectivity index (χ1) is 13.2. The average molecular weight is 356 g/mol. The molecular weight excluding hydrogens is 326 g/mol. The molecule has 0 saturated carbocycles. The van der Waals surface area contributed by atoms with Gasteiger partial charge < -0.3 is 0 Å². The Bertz CT molecular complexity index is 725. The molecule has 1 nitrogen and oxygen atoms in total. The van der Waals surface area contributed by atoms with Crippen LogP contribution in [0.15, 0.2) is 104 Å². The first-order valence-corrected chi connectivity index (χ1v) is 9.73. The summed E-state index contributed by atoms with van der Waals surface area (Å²) in [6.07, 6.45) is 3.08. The van der Waals surface area contributed by atoms with Gasteiger partial charge in [0.2, 0.25) is 0 Å². The normalized spacial score (nSPS) is 12.7. The molecule has 0 spiro atoms. The van der Waals surface area contributed by atoms with E-state index in [9.17, 15) is 0 Å². The molecule has 3 aromatic rings. The molecule has 3 aromatic carbocycles. The van der Waals surface area contributed by atoms with E-state index in [4.69, 9.17) is 0 Å². The summed E-state index contributed by atoms with van der Waals surface area (Å²) in [4.78, 5) is 0.